The molecule has 0 unspecified atom stereocenters. The molecule has 0 radical (unpaired) electrons. The van der Waals surface area contributed by atoms with Gasteiger partial charge in [-0.25, -0.2) is 4.98 Å². The number of nitrogens with one attached hydrogen (secondary N) is 2. The van der Waals surface area contributed by atoms with Gasteiger partial charge in [0.1, 0.15) is 5.75 Å². The fourth-order valence-electron chi connectivity index (χ4n) is 2.28. The lowest BCUT2D eigenvalue weighted by molar-refractivity contribution is -0.122. The van der Waals surface area contributed by atoms with E-state index in [2.05, 4.69) is 15.6 Å². The molecule has 1 aromatic heterocycles. The highest BCUT2D eigenvalue weighted by Gasteiger charge is 2.24. The summed E-state index contributed by atoms with van der Waals surface area (Å²) in [4.78, 5) is 28.7. The number of thiazole rings is 1. The average molecular weight is 331 g/mol. The van der Waals surface area contributed by atoms with Crippen LogP contribution in [0.3, 0.4) is 0 Å². The molecule has 3 rings (SSSR count). The number of hydrogen-bond acceptors (Lipinski definition) is 5. The number of carbonyl (C=O) groups excluding carboxylic acids is 2. The van der Waals surface area contributed by atoms with Crippen molar-refractivity contribution in [3.05, 3.63) is 23.1 Å². The summed E-state index contributed by atoms with van der Waals surface area (Å²) < 4.78 is 5.55. The lowest BCUT2D eigenvalue weighted by atomic mass is 10.1. The number of aryl methyl sites for hydroxylation is 1. The van der Waals surface area contributed by atoms with Gasteiger partial charge in [-0.2, -0.15) is 0 Å². The van der Waals surface area contributed by atoms with Gasteiger partial charge in [0.2, 0.25) is 5.91 Å². The molecule has 2 aromatic rings. The van der Waals surface area contributed by atoms with Crippen molar-refractivity contribution in [2.75, 3.05) is 10.6 Å². The van der Waals surface area contributed by atoms with Crippen molar-refractivity contribution in [3.8, 4) is 17.0 Å². The molecule has 0 aliphatic carbocycles. The Morgan fingerprint density at radius 2 is 2.26 bits per heavy atom. The number of fused-ring (bicyclic) bond motifs is 1. The monoisotopic (exact) mass is 331 g/mol. The van der Waals surface area contributed by atoms with Gasteiger partial charge in [0.05, 0.1) is 11.4 Å². The van der Waals surface area contributed by atoms with Gasteiger partial charge in [-0.05, 0) is 32.0 Å². The normalized spacial score (nSPS) is 16.3. The molecule has 120 valence electrons. The molecule has 0 fully saturated rings. The first-order valence-electron chi connectivity index (χ1n) is 7.37. The topological polar surface area (TPSA) is 80.3 Å². The van der Waals surface area contributed by atoms with Crippen LogP contribution >= 0.6 is 11.3 Å². The van der Waals surface area contributed by atoms with Gasteiger partial charge in [0, 0.05) is 16.9 Å². The van der Waals surface area contributed by atoms with E-state index in [1.807, 2.05) is 25.1 Å². The molecule has 0 bridgehead atoms. The van der Waals surface area contributed by atoms with Crippen molar-refractivity contribution in [2.24, 2.45) is 0 Å². The van der Waals surface area contributed by atoms with Crippen LogP contribution in [-0.2, 0) is 9.59 Å². The highest BCUT2D eigenvalue weighted by molar-refractivity contribution is 7.16. The minimum atomic E-state index is -0.495. The van der Waals surface area contributed by atoms with Gasteiger partial charge < -0.3 is 15.4 Å². The largest absolute Gasteiger partial charge is 0.479 e. The molecule has 2 heterocycles. The van der Waals surface area contributed by atoms with Crippen LogP contribution in [-0.4, -0.2) is 22.9 Å². The Morgan fingerprint density at radius 3 is 3.00 bits per heavy atom. The SMILES string of the molecule is CCC(=O)Nc1nc(-c2ccc3c(c2)NC(=O)[C@@H](C)O3)c(C)s1. The van der Waals surface area contributed by atoms with Crippen LogP contribution < -0.4 is 15.4 Å². The van der Waals surface area contributed by atoms with E-state index in [0.29, 0.717) is 23.0 Å². The van der Waals surface area contributed by atoms with Crippen molar-refractivity contribution < 1.29 is 14.3 Å². The van der Waals surface area contributed by atoms with Crippen molar-refractivity contribution in [3.63, 3.8) is 0 Å². The second kappa shape index (κ2) is 6.00. The van der Waals surface area contributed by atoms with E-state index < -0.39 is 6.10 Å². The Hall–Kier alpha value is -2.41. The number of hydrogen-bond donors (Lipinski definition) is 2. The van der Waals surface area contributed by atoms with E-state index >= 15 is 0 Å². The zero-order valence-electron chi connectivity index (χ0n) is 13.1. The second-order valence-corrected chi connectivity index (χ2v) is 6.49. The number of amides is 2. The van der Waals surface area contributed by atoms with Gasteiger partial charge in [-0.1, -0.05) is 6.92 Å². The zero-order chi connectivity index (χ0) is 16.6. The summed E-state index contributed by atoms with van der Waals surface area (Å²) in [5.41, 5.74) is 2.29. The first-order chi connectivity index (χ1) is 11.0. The maximum absolute atomic E-state index is 11.7. The molecule has 0 spiro atoms. The molecule has 1 aliphatic heterocycles. The predicted molar refractivity (Wildman–Crippen MR) is 89.9 cm³/mol. The third kappa shape index (κ3) is 3.05. The maximum Gasteiger partial charge on any atom is 0.265 e. The number of aromatic nitrogens is 1. The number of anilines is 2. The van der Waals surface area contributed by atoms with Gasteiger partial charge in [0.25, 0.3) is 5.91 Å². The Morgan fingerprint density at radius 1 is 1.48 bits per heavy atom. The summed E-state index contributed by atoms with van der Waals surface area (Å²) in [6, 6.07) is 5.56. The molecule has 6 nitrogen and oxygen atoms in total. The Balaban J connectivity index is 1.92. The molecule has 0 saturated heterocycles. The lowest BCUT2D eigenvalue weighted by Crippen LogP contribution is -2.34. The summed E-state index contributed by atoms with van der Waals surface area (Å²) in [5, 5.41) is 6.18. The van der Waals surface area contributed by atoms with Crippen molar-refractivity contribution in [2.45, 2.75) is 33.3 Å². The Bertz CT molecular complexity index is 785. The minimum Gasteiger partial charge on any atom is -0.479 e. The highest BCUT2D eigenvalue weighted by atomic mass is 32.1. The fraction of sp³-hybridized carbons (Fsp3) is 0.312. The lowest BCUT2D eigenvalue weighted by Gasteiger charge is -2.23. The standard InChI is InChI=1S/C16H17N3O3S/c1-4-13(20)18-16-19-14(9(3)23-16)10-5-6-12-11(7-10)17-15(21)8(2)22-12/h5-8H,4H2,1-3H3,(H,17,21)(H,18,19,20)/t8-/m1/s1. The Kier molecular flexibility index (Phi) is 4.04. The van der Waals surface area contributed by atoms with Crippen molar-refractivity contribution in [1.82, 2.24) is 4.98 Å². The van der Waals surface area contributed by atoms with Gasteiger partial charge >= 0.3 is 0 Å². The number of nitrogens with zero attached hydrogens (tertiary/aromatic N) is 1. The van der Waals surface area contributed by atoms with Crippen LogP contribution in [0.1, 0.15) is 25.1 Å². The quantitative estimate of drug-likeness (QED) is 0.905. The molecule has 0 saturated carbocycles. The molecule has 2 N–H and O–H groups in total. The summed E-state index contributed by atoms with van der Waals surface area (Å²) in [6.45, 7) is 5.45. The second-order valence-electron chi connectivity index (χ2n) is 5.29. The number of benzene rings is 1. The van der Waals surface area contributed by atoms with Gasteiger partial charge in [-0.3, -0.25) is 9.59 Å². The number of ether oxygens (including phenoxy) is 1. The van der Waals surface area contributed by atoms with Crippen LogP contribution in [0.15, 0.2) is 18.2 Å². The number of carbonyl (C=O) groups is 2. The van der Waals surface area contributed by atoms with Crippen LogP contribution in [0.4, 0.5) is 10.8 Å². The molecule has 1 aromatic carbocycles. The highest BCUT2D eigenvalue weighted by Crippen LogP contribution is 2.36. The Labute approximate surface area is 137 Å². The van der Waals surface area contributed by atoms with E-state index in [9.17, 15) is 9.59 Å². The average Bonchev–Trinajstić information content (AvgIpc) is 2.88. The molecular formula is C16H17N3O3S. The molecule has 23 heavy (non-hydrogen) atoms. The molecule has 1 atom stereocenters. The van der Waals surface area contributed by atoms with E-state index in [1.54, 1.807) is 13.8 Å². The van der Waals surface area contributed by atoms with E-state index in [-0.39, 0.29) is 11.8 Å². The zero-order valence-corrected chi connectivity index (χ0v) is 13.9. The maximum atomic E-state index is 11.7. The molecule has 2 amide bonds. The van der Waals surface area contributed by atoms with E-state index in [4.69, 9.17) is 4.74 Å². The molecule has 7 heteroatoms. The number of rotatable bonds is 3. The van der Waals surface area contributed by atoms with E-state index in [0.717, 1.165) is 16.1 Å². The van der Waals surface area contributed by atoms with Crippen LogP contribution in [0.5, 0.6) is 5.75 Å². The summed E-state index contributed by atoms with van der Waals surface area (Å²) in [6.07, 6.45) is -0.0841. The minimum absolute atomic E-state index is 0.0645. The van der Waals surface area contributed by atoms with Crippen molar-refractivity contribution in [1.29, 1.82) is 0 Å². The van der Waals surface area contributed by atoms with Crippen LogP contribution in [0.2, 0.25) is 0 Å². The summed E-state index contributed by atoms with van der Waals surface area (Å²) in [5.74, 6) is 0.416. The van der Waals surface area contributed by atoms with Crippen LogP contribution in [0.25, 0.3) is 11.3 Å². The smallest absolute Gasteiger partial charge is 0.265 e. The van der Waals surface area contributed by atoms with Gasteiger partial charge in [-0.15, -0.1) is 11.3 Å². The molecular weight excluding hydrogens is 314 g/mol. The van der Waals surface area contributed by atoms with Crippen molar-refractivity contribution >= 4 is 34.0 Å². The first kappa shape index (κ1) is 15.5. The van der Waals surface area contributed by atoms with E-state index in [1.165, 1.54) is 11.3 Å². The molecule has 1 aliphatic rings. The fourth-order valence-corrected chi connectivity index (χ4v) is 3.13. The first-order valence-corrected chi connectivity index (χ1v) is 8.18. The van der Waals surface area contributed by atoms with Crippen LogP contribution in [0, 0.1) is 6.92 Å². The summed E-state index contributed by atoms with van der Waals surface area (Å²) in [7, 11) is 0. The summed E-state index contributed by atoms with van der Waals surface area (Å²) >= 11 is 1.43. The third-order valence-corrected chi connectivity index (χ3v) is 4.43. The predicted octanol–water partition coefficient (Wildman–Crippen LogP) is 3.19. The third-order valence-electron chi connectivity index (χ3n) is 3.55. The van der Waals surface area contributed by atoms with Gasteiger partial charge in [0.15, 0.2) is 11.2 Å².